The molecule has 6 aromatic carbocycles. The number of rotatable bonds is 7. The maximum absolute atomic E-state index is 9.11. The molecule has 2 saturated carbocycles. The number of hydrogen-bond donors (Lipinski definition) is 0. The summed E-state index contributed by atoms with van der Waals surface area (Å²) in [7, 11) is 0. The number of pyridine rings is 1. The van der Waals surface area contributed by atoms with Gasteiger partial charge in [-0.15, -0.1) is 35.3 Å². The second-order valence-electron chi connectivity index (χ2n) is 15.0. The maximum Gasteiger partial charge on any atom is 0.135 e. The Morgan fingerprint density at radius 1 is 0.667 bits per heavy atom. The maximum atomic E-state index is 9.11. The van der Waals surface area contributed by atoms with E-state index >= 15 is 0 Å². The number of nitrogens with zero attached hydrogens (tertiary/aromatic N) is 4. The first-order chi connectivity index (χ1) is 31.8. The largest absolute Gasteiger partial charge is 0.519 e. The summed E-state index contributed by atoms with van der Waals surface area (Å²) in [6, 6.07) is 30.7. The van der Waals surface area contributed by atoms with Crippen molar-refractivity contribution in [3.05, 3.63) is 176 Å². The number of aromatic nitrogens is 2. The van der Waals surface area contributed by atoms with Gasteiger partial charge in [-0.1, -0.05) is 122 Å². The summed E-state index contributed by atoms with van der Waals surface area (Å²) >= 11 is 0. The summed E-state index contributed by atoms with van der Waals surface area (Å²) in [5.41, 5.74) is 3.38. The van der Waals surface area contributed by atoms with Crippen molar-refractivity contribution in [2.75, 3.05) is 9.80 Å². The molecule has 5 nitrogen and oxygen atoms in total. The summed E-state index contributed by atoms with van der Waals surface area (Å²) in [4.78, 5) is 8.91. The predicted molar refractivity (Wildman–Crippen MR) is 227 cm³/mol. The molecule has 2 aromatic heterocycles. The molecule has 3 heterocycles. The zero-order valence-corrected chi connectivity index (χ0v) is 33.3. The fraction of sp³-hybridized carbons (Fsp3) is 0.176. The summed E-state index contributed by atoms with van der Waals surface area (Å²) in [5.74, 6) is 2.74. The van der Waals surface area contributed by atoms with Crippen LogP contribution in [0.4, 0.5) is 11.4 Å². The summed E-state index contributed by atoms with van der Waals surface area (Å²) in [6.07, 6.45) is 2.68. The molecule has 1 aliphatic heterocycles. The van der Waals surface area contributed by atoms with Crippen LogP contribution in [0.15, 0.2) is 158 Å². The van der Waals surface area contributed by atoms with Crippen LogP contribution in [0, 0.1) is 42.5 Å². The number of anilines is 2. The van der Waals surface area contributed by atoms with Crippen molar-refractivity contribution in [1.29, 1.82) is 0 Å². The van der Waals surface area contributed by atoms with Crippen LogP contribution in [0.5, 0.6) is 11.5 Å². The van der Waals surface area contributed by atoms with Gasteiger partial charge in [0.2, 0.25) is 0 Å². The van der Waals surface area contributed by atoms with Gasteiger partial charge in [0, 0.05) is 73.2 Å². The second kappa shape index (κ2) is 14.4. The molecule has 2 aliphatic carbocycles. The second-order valence-corrected chi connectivity index (χ2v) is 15.0. The molecule has 6 heteroatoms. The van der Waals surface area contributed by atoms with Crippen molar-refractivity contribution in [2.24, 2.45) is 23.7 Å². The van der Waals surface area contributed by atoms with E-state index in [4.69, 9.17) is 18.4 Å². The monoisotopic (exact) mass is 930 g/mol. The summed E-state index contributed by atoms with van der Waals surface area (Å²) in [6.45, 7) is 6.50. The molecule has 0 amide bonds. The van der Waals surface area contributed by atoms with Gasteiger partial charge < -0.3 is 19.1 Å². The van der Waals surface area contributed by atoms with Gasteiger partial charge in [0.25, 0.3) is 0 Å². The molecule has 0 N–H and O–H groups in total. The van der Waals surface area contributed by atoms with Gasteiger partial charge >= 0.3 is 0 Å². The quantitative estimate of drug-likeness (QED) is 0.149. The predicted octanol–water partition coefficient (Wildman–Crippen LogP) is 12.0. The van der Waals surface area contributed by atoms with E-state index in [1.807, 2.05) is 67.3 Å². The fourth-order valence-electron chi connectivity index (χ4n) is 9.81. The van der Waals surface area contributed by atoms with Gasteiger partial charge in [0.15, 0.2) is 0 Å². The Labute approximate surface area is 362 Å². The van der Waals surface area contributed by atoms with Gasteiger partial charge in [-0.05, 0) is 64.8 Å². The minimum absolute atomic E-state index is 0. The first-order valence-electron chi connectivity index (χ1n) is 24.0. The van der Waals surface area contributed by atoms with E-state index in [1.54, 1.807) is 24.4 Å². The van der Waals surface area contributed by atoms with Crippen molar-refractivity contribution < 1.29 is 39.5 Å². The molecule has 57 heavy (non-hydrogen) atoms. The number of benzene rings is 6. The first-order valence-corrected chi connectivity index (χ1v) is 19.0. The van der Waals surface area contributed by atoms with Crippen molar-refractivity contribution in [3.8, 4) is 39.6 Å². The molecule has 3 aliphatic rings. The Kier molecular flexibility index (Phi) is 6.64. The summed E-state index contributed by atoms with van der Waals surface area (Å²) < 4.78 is 96.4. The topological polar surface area (TPSA) is 33.5 Å². The molecule has 4 unspecified atom stereocenters. The molecule has 284 valence electrons. The van der Waals surface area contributed by atoms with Gasteiger partial charge in [-0.2, -0.15) is 24.9 Å². The van der Waals surface area contributed by atoms with Crippen LogP contribution in [0.2, 0.25) is 0 Å². The van der Waals surface area contributed by atoms with Gasteiger partial charge in [0.1, 0.15) is 5.82 Å². The molecule has 1 saturated heterocycles. The van der Waals surface area contributed by atoms with Crippen molar-refractivity contribution in [2.45, 2.75) is 32.4 Å². The molecule has 11 rings (SSSR count). The summed E-state index contributed by atoms with van der Waals surface area (Å²) in [5, 5.41) is 2.07. The number of hydrogen-bond acceptors (Lipinski definition) is 4. The van der Waals surface area contributed by atoms with E-state index in [1.165, 1.54) is 0 Å². The van der Waals surface area contributed by atoms with Crippen LogP contribution in [0.3, 0.4) is 0 Å². The Bertz CT molecular complexity index is 3170. The van der Waals surface area contributed by atoms with E-state index in [0.717, 1.165) is 34.0 Å². The average Bonchev–Trinajstić information content (AvgIpc) is 4.08. The SMILES string of the molecule is [2H]c1c([2H])c([2H])c(-c2cccc(-c3c([2H])c([2H])c([2H])c([2H])c3[2H])c2N2[CH-]N(c3[c-]c(Oc4[c-]c5c(cc4)c4ccccc4n5-c4ccccn4)ccc3)[C@@H]3C2C2C[C@H]3C(C)C2C)c([2H])c1[2H].[Pt]. The minimum atomic E-state index is -0.530. The van der Waals surface area contributed by atoms with E-state index in [9.17, 15) is 0 Å². The standard InChI is InChI=1S/C51H41N4O.Pt/c1-33-34(2)45-31-44(33)50-51(45)54(49-40(35-15-5-3-6-16-35)22-14-23-41(49)36-17-7-4-8-18-36)32-53(50)37-19-13-20-38(29-37)56-39-26-27-43-42-21-9-10-24-46(42)55(47(43)30-39)48-25-11-12-28-52-48;/h3-28,32-34,44-45,50-51H,31H2,1-2H3;/q-3;/t33?,34?,44-,45?,50-,51?;/m0./s1/i3D,4D,5D,6D,7D,8D,15D,16D,17D,18D;. The Balaban J connectivity index is 0.00000525. The van der Waals surface area contributed by atoms with Crippen molar-refractivity contribution in [3.63, 3.8) is 0 Å². The smallest absolute Gasteiger partial charge is 0.135 e. The van der Waals surface area contributed by atoms with Gasteiger partial charge in [-0.3, -0.25) is 0 Å². The average molecular weight is 931 g/mol. The third-order valence-electron chi connectivity index (χ3n) is 12.4. The number of para-hydroxylation sites is 2. The van der Waals surface area contributed by atoms with Crippen molar-refractivity contribution >= 4 is 33.2 Å². The number of fused-ring (bicyclic) bond motifs is 8. The van der Waals surface area contributed by atoms with Crippen LogP contribution in [-0.4, -0.2) is 21.6 Å². The number of ether oxygens (including phenoxy) is 1. The first kappa shape index (κ1) is 26.3. The minimum Gasteiger partial charge on any atom is -0.519 e. The molecular weight excluding hydrogens is 880 g/mol. The van der Waals surface area contributed by atoms with Crippen LogP contribution in [-0.2, 0) is 21.1 Å². The fourth-order valence-corrected chi connectivity index (χ4v) is 9.81. The zero-order valence-electron chi connectivity index (χ0n) is 41.0. The molecule has 0 radical (unpaired) electrons. The molecular formula is C51H41N4OPt-3. The molecule has 8 aromatic rings. The Morgan fingerprint density at radius 2 is 1.32 bits per heavy atom. The molecule has 2 bridgehead atoms. The molecule has 6 atom stereocenters. The third kappa shape index (κ3) is 5.81. The van der Waals surface area contributed by atoms with Crippen molar-refractivity contribution in [1.82, 2.24) is 9.55 Å². The Morgan fingerprint density at radius 3 is 2.02 bits per heavy atom. The van der Waals surface area contributed by atoms with E-state index < -0.39 is 60.4 Å². The molecule has 3 fully saturated rings. The van der Waals surface area contributed by atoms with E-state index in [2.05, 4.69) is 57.5 Å². The van der Waals surface area contributed by atoms with Gasteiger partial charge in [0.05, 0.1) is 13.7 Å². The normalized spacial score (nSPS) is 24.7. The zero-order chi connectivity index (χ0) is 46.0. The molecule has 0 spiro atoms. The van der Waals surface area contributed by atoms with Crippen LogP contribution >= 0.6 is 0 Å². The van der Waals surface area contributed by atoms with E-state index in [0.29, 0.717) is 34.7 Å². The van der Waals surface area contributed by atoms with Gasteiger partial charge in [-0.25, -0.2) is 4.98 Å². The van der Waals surface area contributed by atoms with Crippen LogP contribution in [0.1, 0.15) is 34.0 Å². The van der Waals surface area contributed by atoms with Crippen LogP contribution < -0.4 is 14.5 Å². The van der Waals surface area contributed by atoms with E-state index in [-0.39, 0.29) is 67.2 Å². The Hall–Kier alpha value is -5.64. The third-order valence-corrected chi connectivity index (χ3v) is 12.4. The van der Waals surface area contributed by atoms with Crippen LogP contribution in [0.25, 0.3) is 49.9 Å².